The number of aliphatic hydroxyl groups excluding tert-OH is 1. The van der Waals surface area contributed by atoms with E-state index in [1.54, 1.807) is 11.3 Å². The molecule has 3 unspecified atom stereocenters. The zero-order valence-electron chi connectivity index (χ0n) is 8.23. The van der Waals surface area contributed by atoms with Gasteiger partial charge in [-0.05, 0) is 48.5 Å². The van der Waals surface area contributed by atoms with Gasteiger partial charge in [0.15, 0.2) is 0 Å². The maximum atomic E-state index is 10.1. The van der Waals surface area contributed by atoms with E-state index in [-0.39, 0.29) is 6.10 Å². The fourth-order valence-electron chi connectivity index (χ4n) is 2.88. The molecule has 1 aromatic rings. The zero-order valence-corrected chi connectivity index (χ0v) is 9.04. The Morgan fingerprint density at radius 1 is 1.36 bits per heavy atom. The summed E-state index contributed by atoms with van der Waals surface area (Å²) in [7, 11) is 0. The zero-order chi connectivity index (χ0) is 9.54. The largest absolute Gasteiger partial charge is 0.392 e. The minimum absolute atomic E-state index is 0.0820. The second-order valence-electron chi connectivity index (χ2n) is 4.84. The van der Waals surface area contributed by atoms with Gasteiger partial charge in [0.25, 0.3) is 0 Å². The van der Waals surface area contributed by atoms with Crippen LogP contribution < -0.4 is 0 Å². The number of hydrogen-bond acceptors (Lipinski definition) is 2. The van der Waals surface area contributed by atoms with Crippen LogP contribution in [0.2, 0.25) is 0 Å². The molecule has 3 rings (SSSR count). The molecule has 1 heterocycles. The Balaban J connectivity index is 1.58. The highest BCUT2D eigenvalue weighted by Gasteiger charge is 2.47. The summed E-state index contributed by atoms with van der Waals surface area (Å²) in [6, 6.07) is 4.20. The standard InChI is InChI=1S/C12H16OS/c13-12(7-11-2-1-3-14-11)10-5-8-4-9(8)6-10/h1-3,8-10,12-13H,4-7H2. The van der Waals surface area contributed by atoms with E-state index in [2.05, 4.69) is 17.5 Å². The Hall–Kier alpha value is -0.340. The predicted molar refractivity (Wildman–Crippen MR) is 58.4 cm³/mol. The van der Waals surface area contributed by atoms with Crippen LogP contribution in [0, 0.1) is 17.8 Å². The first-order valence-electron chi connectivity index (χ1n) is 5.53. The molecule has 0 saturated heterocycles. The summed E-state index contributed by atoms with van der Waals surface area (Å²) in [5.74, 6) is 2.57. The van der Waals surface area contributed by atoms with Gasteiger partial charge < -0.3 is 5.11 Å². The topological polar surface area (TPSA) is 20.2 Å². The average molecular weight is 208 g/mol. The molecule has 14 heavy (non-hydrogen) atoms. The van der Waals surface area contributed by atoms with Crippen molar-refractivity contribution in [3.63, 3.8) is 0 Å². The van der Waals surface area contributed by atoms with Crippen LogP contribution in [0.1, 0.15) is 24.1 Å². The molecule has 2 heteroatoms. The molecule has 0 aromatic carbocycles. The fraction of sp³-hybridized carbons (Fsp3) is 0.667. The van der Waals surface area contributed by atoms with Crippen molar-refractivity contribution in [2.45, 2.75) is 31.8 Å². The summed E-state index contributed by atoms with van der Waals surface area (Å²) in [6.45, 7) is 0. The molecule has 0 radical (unpaired) electrons. The highest BCUT2D eigenvalue weighted by atomic mass is 32.1. The first-order valence-corrected chi connectivity index (χ1v) is 6.41. The van der Waals surface area contributed by atoms with Gasteiger partial charge in [-0.2, -0.15) is 0 Å². The molecule has 1 N–H and O–H groups in total. The third-order valence-electron chi connectivity index (χ3n) is 3.81. The molecule has 3 atom stereocenters. The van der Waals surface area contributed by atoms with Crippen LogP contribution in [0.3, 0.4) is 0 Å². The van der Waals surface area contributed by atoms with Gasteiger partial charge >= 0.3 is 0 Å². The fourth-order valence-corrected chi connectivity index (χ4v) is 3.63. The average Bonchev–Trinajstić information content (AvgIpc) is 2.68. The molecule has 0 bridgehead atoms. The molecule has 1 aromatic heterocycles. The normalized spacial score (nSPS) is 36.8. The maximum Gasteiger partial charge on any atom is 0.0616 e. The highest BCUT2D eigenvalue weighted by molar-refractivity contribution is 7.09. The summed E-state index contributed by atoms with van der Waals surface area (Å²) in [5.41, 5.74) is 0. The van der Waals surface area contributed by atoms with Gasteiger partial charge in [-0.15, -0.1) is 11.3 Å². The van der Waals surface area contributed by atoms with Crippen LogP contribution >= 0.6 is 11.3 Å². The van der Waals surface area contributed by atoms with Crippen LogP contribution in [-0.4, -0.2) is 11.2 Å². The Morgan fingerprint density at radius 3 is 2.79 bits per heavy atom. The van der Waals surface area contributed by atoms with Crippen molar-refractivity contribution in [1.29, 1.82) is 0 Å². The number of hydrogen-bond donors (Lipinski definition) is 1. The van der Waals surface area contributed by atoms with Crippen molar-refractivity contribution in [1.82, 2.24) is 0 Å². The third kappa shape index (κ3) is 1.61. The third-order valence-corrected chi connectivity index (χ3v) is 4.71. The van der Waals surface area contributed by atoms with E-state index in [9.17, 15) is 5.11 Å². The van der Waals surface area contributed by atoms with Gasteiger partial charge in [0.1, 0.15) is 0 Å². The lowest BCUT2D eigenvalue weighted by Gasteiger charge is -2.18. The van der Waals surface area contributed by atoms with Crippen LogP contribution in [0.15, 0.2) is 17.5 Å². The predicted octanol–water partition coefficient (Wildman–Crippen LogP) is 2.70. The molecular formula is C12H16OS. The molecule has 0 aliphatic heterocycles. The molecule has 2 aliphatic carbocycles. The van der Waals surface area contributed by atoms with E-state index in [0.717, 1.165) is 18.3 Å². The van der Waals surface area contributed by atoms with Crippen molar-refractivity contribution in [3.8, 4) is 0 Å². The minimum Gasteiger partial charge on any atom is -0.392 e. The highest BCUT2D eigenvalue weighted by Crippen LogP contribution is 2.55. The lowest BCUT2D eigenvalue weighted by atomic mass is 9.94. The van der Waals surface area contributed by atoms with E-state index in [1.807, 2.05) is 0 Å². The lowest BCUT2D eigenvalue weighted by molar-refractivity contribution is 0.105. The molecule has 0 spiro atoms. The molecule has 2 fully saturated rings. The number of thiophene rings is 1. The van der Waals surface area contributed by atoms with Crippen molar-refractivity contribution < 1.29 is 5.11 Å². The monoisotopic (exact) mass is 208 g/mol. The van der Waals surface area contributed by atoms with Gasteiger partial charge in [0.2, 0.25) is 0 Å². The SMILES string of the molecule is OC(Cc1cccs1)C1CC2CC2C1. The van der Waals surface area contributed by atoms with E-state index < -0.39 is 0 Å². The van der Waals surface area contributed by atoms with E-state index in [4.69, 9.17) is 0 Å². The molecule has 1 nitrogen and oxygen atoms in total. The van der Waals surface area contributed by atoms with E-state index in [1.165, 1.54) is 24.1 Å². The number of aliphatic hydroxyl groups is 1. The minimum atomic E-state index is -0.0820. The Bertz CT molecular complexity index is 296. The molecule has 2 saturated carbocycles. The summed E-state index contributed by atoms with van der Waals surface area (Å²) in [4.78, 5) is 1.33. The summed E-state index contributed by atoms with van der Waals surface area (Å²) in [5, 5.41) is 12.2. The summed E-state index contributed by atoms with van der Waals surface area (Å²) < 4.78 is 0. The van der Waals surface area contributed by atoms with E-state index >= 15 is 0 Å². The summed E-state index contributed by atoms with van der Waals surface area (Å²) >= 11 is 1.76. The first kappa shape index (κ1) is 8.93. The van der Waals surface area contributed by atoms with Gasteiger partial charge in [-0.1, -0.05) is 6.07 Å². The van der Waals surface area contributed by atoms with Crippen LogP contribution in [0.25, 0.3) is 0 Å². The second kappa shape index (κ2) is 3.35. The van der Waals surface area contributed by atoms with Gasteiger partial charge in [0.05, 0.1) is 6.10 Å². The van der Waals surface area contributed by atoms with Crippen molar-refractivity contribution >= 4 is 11.3 Å². The smallest absolute Gasteiger partial charge is 0.0616 e. The summed E-state index contributed by atoms with van der Waals surface area (Å²) in [6.07, 6.45) is 4.82. The Morgan fingerprint density at radius 2 is 2.14 bits per heavy atom. The van der Waals surface area contributed by atoms with E-state index in [0.29, 0.717) is 5.92 Å². The van der Waals surface area contributed by atoms with Crippen LogP contribution in [-0.2, 0) is 6.42 Å². The molecule has 2 aliphatic rings. The van der Waals surface area contributed by atoms with Crippen LogP contribution in [0.5, 0.6) is 0 Å². The second-order valence-corrected chi connectivity index (χ2v) is 5.87. The van der Waals surface area contributed by atoms with Crippen LogP contribution in [0.4, 0.5) is 0 Å². The molecular weight excluding hydrogens is 192 g/mol. The number of rotatable bonds is 3. The van der Waals surface area contributed by atoms with Crippen molar-refractivity contribution in [3.05, 3.63) is 22.4 Å². The van der Waals surface area contributed by atoms with Crippen molar-refractivity contribution in [2.75, 3.05) is 0 Å². The Kier molecular flexibility index (Phi) is 2.14. The quantitative estimate of drug-likeness (QED) is 0.809. The first-order chi connectivity index (χ1) is 6.83. The van der Waals surface area contributed by atoms with Crippen molar-refractivity contribution in [2.24, 2.45) is 17.8 Å². The molecule has 0 amide bonds. The maximum absolute atomic E-state index is 10.1. The lowest BCUT2D eigenvalue weighted by Crippen LogP contribution is -2.21. The van der Waals surface area contributed by atoms with Gasteiger partial charge in [0, 0.05) is 11.3 Å². The van der Waals surface area contributed by atoms with Gasteiger partial charge in [-0.25, -0.2) is 0 Å². The van der Waals surface area contributed by atoms with Gasteiger partial charge in [-0.3, -0.25) is 0 Å². The Labute approximate surface area is 88.8 Å². The number of fused-ring (bicyclic) bond motifs is 1. The molecule has 76 valence electrons.